The van der Waals surface area contributed by atoms with Crippen LogP contribution in [0.25, 0.3) is 0 Å². The Balaban J connectivity index is 2.62. The third-order valence-electron chi connectivity index (χ3n) is 2.85. The lowest BCUT2D eigenvalue weighted by molar-refractivity contribution is 0.0441. The number of aliphatic hydroxyl groups is 1. The zero-order valence-electron chi connectivity index (χ0n) is 11.1. The average Bonchev–Trinajstić information content (AvgIpc) is 2.23. The lowest BCUT2D eigenvalue weighted by Gasteiger charge is -2.24. The molecule has 0 saturated heterocycles. The fourth-order valence-corrected chi connectivity index (χ4v) is 1.78. The molecule has 0 amide bonds. The first-order chi connectivity index (χ1) is 8.33. The fourth-order valence-electron chi connectivity index (χ4n) is 1.78. The molecular weight excluding hydrogens is 236 g/mol. The SMILES string of the molecule is CC(C)CNCCC(C)(O)c1ccc(F)cc1F. The number of halogens is 2. The van der Waals surface area contributed by atoms with Gasteiger partial charge in [0.1, 0.15) is 11.6 Å². The zero-order valence-corrected chi connectivity index (χ0v) is 11.1. The van der Waals surface area contributed by atoms with E-state index >= 15 is 0 Å². The van der Waals surface area contributed by atoms with E-state index in [0.717, 1.165) is 18.7 Å². The van der Waals surface area contributed by atoms with Crippen LogP contribution >= 0.6 is 0 Å². The van der Waals surface area contributed by atoms with Gasteiger partial charge in [0.05, 0.1) is 5.60 Å². The number of benzene rings is 1. The van der Waals surface area contributed by atoms with Crippen molar-refractivity contribution in [3.63, 3.8) is 0 Å². The zero-order chi connectivity index (χ0) is 13.8. The first-order valence-corrected chi connectivity index (χ1v) is 6.21. The van der Waals surface area contributed by atoms with Gasteiger partial charge in [-0.1, -0.05) is 19.9 Å². The first kappa shape index (κ1) is 15.1. The van der Waals surface area contributed by atoms with Crippen LogP contribution in [0.2, 0.25) is 0 Å². The first-order valence-electron chi connectivity index (χ1n) is 6.21. The van der Waals surface area contributed by atoms with Crippen LogP contribution in [0.1, 0.15) is 32.8 Å². The molecule has 1 atom stereocenters. The Kier molecular flexibility index (Phi) is 5.23. The Hall–Kier alpha value is -1.00. The Morgan fingerprint density at radius 2 is 2.00 bits per heavy atom. The highest BCUT2D eigenvalue weighted by molar-refractivity contribution is 5.24. The van der Waals surface area contributed by atoms with E-state index in [9.17, 15) is 13.9 Å². The Morgan fingerprint density at radius 3 is 2.56 bits per heavy atom. The van der Waals surface area contributed by atoms with Crippen molar-refractivity contribution in [1.29, 1.82) is 0 Å². The van der Waals surface area contributed by atoms with E-state index in [-0.39, 0.29) is 5.56 Å². The summed E-state index contributed by atoms with van der Waals surface area (Å²) in [5.41, 5.74) is -1.16. The molecular formula is C14H21F2NO. The maximum Gasteiger partial charge on any atom is 0.132 e. The van der Waals surface area contributed by atoms with E-state index in [1.54, 1.807) is 6.92 Å². The highest BCUT2D eigenvalue weighted by atomic mass is 19.1. The number of hydrogen-bond donors (Lipinski definition) is 2. The van der Waals surface area contributed by atoms with Crippen LogP contribution in [-0.2, 0) is 5.60 Å². The van der Waals surface area contributed by atoms with Crippen molar-refractivity contribution in [2.45, 2.75) is 32.8 Å². The van der Waals surface area contributed by atoms with Gasteiger partial charge in [-0.25, -0.2) is 8.78 Å². The van der Waals surface area contributed by atoms with Crippen molar-refractivity contribution < 1.29 is 13.9 Å². The van der Waals surface area contributed by atoms with Crippen LogP contribution in [-0.4, -0.2) is 18.2 Å². The molecule has 4 heteroatoms. The quantitative estimate of drug-likeness (QED) is 0.768. The van der Waals surface area contributed by atoms with E-state index in [1.807, 2.05) is 0 Å². The minimum atomic E-state index is -1.29. The van der Waals surface area contributed by atoms with Crippen LogP contribution in [0.3, 0.4) is 0 Å². The van der Waals surface area contributed by atoms with Gasteiger partial charge in [0.25, 0.3) is 0 Å². The monoisotopic (exact) mass is 257 g/mol. The summed E-state index contributed by atoms with van der Waals surface area (Å²) in [7, 11) is 0. The summed E-state index contributed by atoms with van der Waals surface area (Å²) in [4.78, 5) is 0. The summed E-state index contributed by atoms with van der Waals surface area (Å²) in [6.45, 7) is 7.15. The van der Waals surface area contributed by atoms with Crippen molar-refractivity contribution in [2.75, 3.05) is 13.1 Å². The molecule has 0 bridgehead atoms. The van der Waals surface area contributed by atoms with Gasteiger partial charge in [-0.05, 0) is 38.4 Å². The van der Waals surface area contributed by atoms with Crippen molar-refractivity contribution in [1.82, 2.24) is 5.32 Å². The van der Waals surface area contributed by atoms with Gasteiger partial charge in [0.2, 0.25) is 0 Å². The van der Waals surface area contributed by atoms with Crippen molar-refractivity contribution in [3.05, 3.63) is 35.4 Å². The molecule has 0 radical (unpaired) electrons. The molecule has 2 nitrogen and oxygen atoms in total. The van der Waals surface area contributed by atoms with Crippen LogP contribution in [0.5, 0.6) is 0 Å². The minimum Gasteiger partial charge on any atom is -0.385 e. The molecule has 1 rings (SSSR count). The van der Waals surface area contributed by atoms with E-state index in [4.69, 9.17) is 0 Å². The van der Waals surface area contributed by atoms with Gasteiger partial charge in [0.15, 0.2) is 0 Å². The molecule has 0 heterocycles. The molecule has 1 aromatic carbocycles. The third-order valence-corrected chi connectivity index (χ3v) is 2.85. The molecule has 0 aliphatic rings. The van der Waals surface area contributed by atoms with Gasteiger partial charge >= 0.3 is 0 Å². The molecule has 18 heavy (non-hydrogen) atoms. The van der Waals surface area contributed by atoms with E-state index in [2.05, 4.69) is 19.2 Å². The highest BCUT2D eigenvalue weighted by Crippen LogP contribution is 2.26. The number of nitrogens with one attached hydrogen (secondary N) is 1. The molecule has 0 aliphatic carbocycles. The molecule has 102 valence electrons. The van der Waals surface area contributed by atoms with Gasteiger partial charge in [-0.2, -0.15) is 0 Å². The molecule has 1 unspecified atom stereocenters. The van der Waals surface area contributed by atoms with Gasteiger partial charge in [-0.15, -0.1) is 0 Å². The molecule has 0 spiro atoms. The van der Waals surface area contributed by atoms with Gasteiger partial charge in [-0.3, -0.25) is 0 Å². The Bertz CT molecular complexity index is 391. The summed E-state index contributed by atoms with van der Waals surface area (Å²) in [6, 6.07) is 3.26. The minimum absolute atomic E-state index is 0.134. The van der Waals surface area contributed by atoms with E-state index in [1.165, 1.54) is 6.07 Å². The molecule has 0 fully saturated rings. The van der Waals surface area contributed by atoms with Crippen LogP contribution < -0.4 is 5.32 Å². The summed E-state index contributed by atoms with van der Waals surface area (Å²) in [6.07, 6.45) is 0.377. The van der Waals surface area contributed by atoms with Crippen molar-refractivity contribution in [2.24, 2.45) is 5.92 Å². The predicted molar refractivity (Wildman–Crippen MR) is 68.3 cm³/mol. The largest absolute Gasteiger partial charge is 0.385 e. The lowest BCUT2D eigenvalue weighted by atomic mass is 9.92. The topological polar surface area (TPSA) is 32.3 Å². The number of hydrogen-bond acceptors (Lipinski definition) is 2. The maximum atomic E-state index is 13.6. The summed E-state index contributed by atoms with van der Waals surface area (Å²) in [5, 5.41) is 13.4. The smallest absolute Gasteiger partial charge is 0.132 e. The van der Waals surface area contributed by atoms with E-state index < -0.39 is 17.2 Å². The molecule has 0 saturated carbocycles. The molecule has 1 aromatic rings. The van der Waals surface area contributed by atoms with Gasteiger partial charge < -0.3 is 10.4 Å². The second kappa shape index (κ2) is 6.25. The molecule has 0 aliphatic heterocycles. The van der Waals surface area contributed by atoms with Crippen LogP contribution in [0, 0.1) is 17.6 Å². The summed E-state index contributed by atoms with van der Waals surface area (Å²) < 4.78 is 26.4. The molecule has 0 aromatic heterocycles. The lowest BCUT2D eigenvalue weighted by Crippen LogP contribution is -2.30. The average molecular weight is 257 g/mol. The third kappa shape index (κ3) is 4.35. The fraction of sp³-hybridized carbons (Fsp3) is 0.571. The number of rotatable bonds is 6. The second-order valence-corrected chi connectivity index (χ2v) is 5.25. The summed E-state index contributed by atoms with van der Waals surface area (Å²) >= 11 is 0. The Morgan fingerprint density at radius 1 is 1.33 bits per heavy atom. The van der Waals surface area contributed by atoms with Crippen LogP contribution in [0.4, 0.5) is 8.78 Å². The molecule has 2 N–H and O–H groups in total. The summed E-state index contributed by atoms with van der Waals surface area (Å²) in [5.74, 6) is -0.814. The highest BCUT2D eigenvalue weighted by Gasteiger charge is 2.26. The second-order valence-electron chi connectivity index (χ2n) is 5.25. The predicted octanol–water partition coefficient (Wildman–Crippen LogP) is 2.81. The van der Waals surface area contributed by atoms with Crippen molar-refractivity contribution >= 4 is 0 Å². The van der Waals surface area contributed by atoms with E-state index in [0.29, 0.717) is 18.9 Å². The normalized spacial score (nSPS) is 14.8. The van der Waals surface area contributed by atoms with Crippen LogP contribution in [0.15, 0.2) is 18.2 Å². The van der Waals surface area contributed by atoms with Crippen molar-refractivity contribution in [3.8, 4) is 0 Å². The van der Waals surface area contributed by atoms with Gasteiger partial charge in [0, 0.05) is 11.6 Å². The Labute approximate surface area is 107 Å². The standard InChI is InChI=1S/C14H21F2NO/c1-10(2)9-17-7-6-14(3,18)12-5-4-11(15)8-13(12)16/h4-5,8,10,17-18H,6-7,9H2,1-3H3. The maximum absolute atomic E-state index is 13.6.